The maximum Gasteiger partial charge on any atom is 0.103 e. The Labute approximate surface area is 126 Å². The molecule has 1 aromatic heterocycles. The molecule has 2 aromatic carbocycles. The highest BCUT2D eigenvalue weighted by Crippen LogP contribution is 2.30. The van der Waals surface area contributed by atoms with E-state index in [0.717, 1.165) is 20.8 Å². The van der Waals surface area contributed by atoms with Gasteiger partial charge < -0.3 is 0 Å². The van der Waals surface area contributed by atoms with Gasteiger partial charge in [-0.3, -0.25) is 0 Å². The van der Waals surface area contributed by atoms with Gasteiger partial charge in [-0.2, -0.15) is 5.26 Å². The summed E-state index contributed by atoms with van der Waals surface area (Å²) in [4.78, 5) is 5.62. The van der Waals surface area contributed by atoms with Gasteiger partial charge in [0.1, 0.15) is 5.03 Å². The highest BCUT2D eigenvalue weighted by Gasteiger charge is 2.06. The van der Waals surface area contributed by atoms with Crippen molar-refractivity contribution in [1.29, 1.82) is 5.26 Å². The van der Waals surface area contributed by atoms with E-state index in [9.17, 15) is 5.26 Å². The Hall–Kier alpha value is -2.02. The molecular formula is C16H9ClN2S. The molecule has 0 N–H and O–H groups in total. The molecule has 1 heterocycles. The largest absolute Gasteiger partial charge is 0.241 e. The van der Waals surface area contributed by atoms with Gasteiger partial charge in [0, 0.05) is 15.3 Å². The fourth-order valence-electron chi connectivity index (χ4n) is 1.92. The van der Waals surface area contributed by atoms with Crippen LogP contribution in [0.5, 0.6) is 0 Å². The van der Waals surface area contributed by atoms with E-state index in [-0.39, 0.29) is 0 Å². The lowest BCUT2D eigenvalue weighted by Gasteiger charge is -2.05. The molecule has 0 unspecified atom stereocenters. The Morgan fingerprint density at radius 1 is 1.05 bits per heavy atom. The van der Waals surface area contributed by atoms with Gasteiger partial charge in [0.15, 0.2) is 0 Å². The van der Waals surface area contributed by atoms with Crippen LogP contribution in [-0.4, -0.2) is 4.98 Å². The lowest BCUT2D eigenvalue weighted by Crippen LogP contribution is -1.87. The molecule has 0 aliphatic rings. The van der Waals surface area contributed by atoms with Crippen LogP contribution in [0.2, 0.25) is 5.02 Å². The predicted molar refractivity (Wildman–Crippen MR) is 82.0 cm³/mol. The number of nitriles is 1. The molecule has 2 nitrogen and oxygen atoms in total. The van der Waals surface area contributed by atoms with Crippen molar-refractivity contribution >= 4 is 34.3 Å². The van der Waals surface area contributed by atoms with E-state index in [1.807, 2.05) is 54.6 Å². The normalized spacial score (nSPS) is 10.4. The molecule has 0 aliphatic heterocycles. The van der Waals surface area contributed by atoms with Crippen LogP contribution in [0.1, 0.15) is 5.56 Å². The zero-order valence-electron chi connectivity index (χ0n) is 10.4. The number of rotatable bonds is 2. The van der Waals surface area contributed by atoms with Crippen molar-refractivity contribution in [3.05, 3.63) is 65.2 Å². The van der Waals surface area contributed by atoms with E-state index in [2.05, 4.69) is 11.1 Å². The third kappa shape index (κ3) is 2.62. The Balaban J connectivity index is 2.04. The smallest absolute Gasteiger partial charge is 0.103 e. The molecular weight excluding hydrogens is 288 g/mol. The average molecular weight is 297 g/mol. The molecule has 0 fully saturated rings. The zero-order chi connectivity index (χ0) is 13.9. The molecule has 4 heteroatoms. The summed E-state index contributed by atoms with van der Waals surface area (Å²) in [5, 5.41) is 11.7. The summed E-state index contributed by atoms with van der Waals surface area (Å²) < 4.78 is 0. The van der Waals surface area contributed by atoms with E-state index in [1.165, 1.54) is 11.8 Å². The zero-order valence-corrected chi connectivity index (χ0v) is 11.9. The quantitative estimate of drug-likeness (QED) is 0.674. The van der Waals surface area contributed by atoms with Gasteiger partial charge in [-0.05, 0) is 36.4 Å². The van der Waals surface area contributed by atoms with Gasteiger partial charge in [-0.1, -0.05) is 41.6 Å². The molecule has 0 saturated carbocycles. The third-order valence-corrected chi connectivity index (χ3v) is 4.03. The number of halogens is 1. The number of aromatic nitrogens is 1. The number of pyridine rings is 1. The summed E-state index contributed by atoms with van der Waals surface area (Å²) in [5.41, 5.74) is 1.48. The fraction of sp³-hybridized carbons (Fsp3) is 0. The highest BCUT2D eigenvalue weighted by molar-refractivity contribution is 7.99. The molecule has 3 rings (SSSR count). The predicted octanol–water partition coefficient (Wildman–Crippen LogP) is 4.91. The van der Waals surface area contributed by atoms with Crippen LogP contribution in [0.3, 0.4) is 0 Å². The first-order valence-corrected chi connectivity index (χ1v) is 7.19. The van der Waals surface area contributed by atoms with Crippen molar-refractivity contribution < 1.29 is 0 Å². The molecule has 20 heavy (non-hydrogen) atoms. The molecule has 0 radical (unpaired) electrons. The maximum absolute atomic E-state index is 9.26. The topological polar surface area (TPSA) is 36.7 Å². The Morgan fingerprint density at radius 2 is 1.80 bits per heavy atom. The Kier molecular flexibility index (Phi) is 3.60. The molecule has 96 valence electrons. The summed E-state index contributed by atoms with van der Waals surface area (Å²) in [6.07, 6.45) is 0. The summed E-state index contributed by atoms with van der Waals surface area (Å²) >= 11 is 7.39. The van der Waals surface area contributed by atoms with Gasteiger partial charge in [0.05, 0.1) is 17.1 Å². The van der Waals surface area contributed by atoms with Gasteiger partial charge in [-0.25, -0.2) is 4.98 Å². The Morgan fingerprint density at radius 3 is 2.55 bits per heavy atom. The maximum atomic E-state index is 9.26. The average Bonchev–Trinajstić information content (AvgIpc) is 2.49. The van der Waals surface area contributed by atoms with Gasteiger partial charge in [0.2, 0.25) is 0 Å². The first-order valence-electron chi connectivity index (χ1n) is 5.99. The first kappa shape index (κ1) is 13.0. The lowest BCUT2D eigenvalue weighted by atomic mass is 10.1. The van der Waals surface area contributed by atoms with Crippen LogP contribution in [0.15, 0.2) is 64.5 Å². The first-order chi connectivity index (χ1) is 9.76. The van der Waals surface area contributed by atoms with Crippen molar-refractivity contribution in [2.75, 3.05) is 0 Å². The van der Waals surface area contributed by atoms with E-state index in [4.69, 9.17) is 11.6 Å². The second kappa shape index (κ2) is 5.54. The van der Waals surface area contributed by atoms with Gasteiger partial charge in [0.25, 0.3) is 0 Å². The number of fused-ring (bicyclic) bond motifs is 1. The van der Waals surface area contributed by atoms with E-state index >= 15 is 0 Å². The van der Waals surface area contributed by atoms with Crippen molar-refractivity contribution in [2.24, 2.45) is 0 Å². The molecule has 0 amide bonds. The number of benzene rings is 2. The highest BCUT2D eigenvalue weighted by atomic mass is 35.5. The fourth-order valence-corrected chi connectivity index (χ4v) is 2.88. The third-order valence-electron chi connectivity index (χ3n) is 2.85. The summed E-state index contributed by atoms with van der Waals surface area (Å²) in [6, 6.07) is 19.3. The number of hydrogen-bond acceptors (Lipinski definition) is 3. The van der Waals surface area contributed by atoms with Crippen LogP contribution < -0.4 is 0 Å². The number of para-hydroxylation sites is 1. The summed E-state index contributed by atoms with van der Waals surface area (Å²) in [6.45, 7) is 0. The van der Waals surface area contributed by atoms with Crippen molar-refractivity contribution in [3.63, 3.8) is 0 Å². The van der Waals surface area contributed by atoms with Crippen molar-refractivity contribution in [1.82, 2.24) is 4.98 Å². The Bertz CT molecular complexity index is 807. The summed E-state index contributed by atoms with van der Waals surface area (Å²) in [7, 11) is 0. The molecule has 0 spiro atoms. The monoisotopic (exact) mass is 296 g/mol. The summed E-state index contributed by atoms with van der Waals surface area (Å²) in [5.74, 6) is 0. The molecule has 0 aliphatic carbocycles. The second-order valence-electron chi connectivity index (χ2n) is 4.19. The van der Waals surface area contributed by atoms with E-state index in [1.54, 1.807) is 0 Å². The van der Waals surface area contributed by atoms with Gasteiger partial charge in [-0.15, -0.1) is 0 Å². The van der Waals surface area contributed by atoms with Crippen LogP contribution in [0.25, 0.3) is 10.9 Å². The van der Waals surface area contributed by atoms with Crippen molar-refractivity contribution in [3.8, 4) is 6.07 Å². The van der Waals surface area contributed by atoms with Crippen LogP contribution in [0.4, 0.5) is 0 Å². The molecule has 3 aromatic rings. The minimum Gasteiger partial charge on any atom is -0.241 e. The van der Waals surface area contributed by atoms with Crippen LogP contribution in [0, 0.1) is 11.3 Å². The number of nitrogens with zero attached hydrogens (tertiary/aromatic N) is 2. The standard InChI is InChI=1S/C16H9ClN2S/c17-12-5-7-13(8-6-12)20-16-9-11(10-18)14-3-1-2-4-15(14)19-16/h1-9H. The van der Waals surface area contributed by atoms with Crippen LogP contribution >= 0.6 is 23.4 Å². The minimum absolute atomic E-state index is 0.645. The van der Waals surface area contributed by atoms with E-state index in [0.29, 0.717) is 10.6 Å². The number of hydrogen-bond donors (Lipinski definition) is 0. The molecule has 0 saturated heterocycles. The second-order valence-corrected chi connectivity index (χ2v) is 5.72. The van der Waals surface area contributed by atoms with Gasteiger partial charge >= 0.3 is 0 Å². The molecule has 0 atom stereocenters. The van der Waals surface area contributed by atoms with Crippen LogP contribution in [-0.2, 0) is 0 Å². The SMILES string of the molecule is N#Cc1cc(Sc2ccc(Cl)cc2)nc2ccccc12. The molecule has 0 bridgehead atoms. The van der Waals surface area contributed by atoms with E-state index < -0.39 is 0 Å². The lowest BCUT2D eigenvalue weighted by molar-refractivity contribution is 1.18. The minimum atomic E-state index is 0.645. The van der Waals surface area contributed by atoms with Crippen molar-refractivity contribution in [2.45, 2.75) is 9.92 Å².